The van der Waals surface area contributed by atoms with Crippen LogP contribution in [0.5, 0.6) is 5.75 Å². The molecule has 0 unspecified atom stereocenters. The first-order valence-corrected chi connectivity index (χ1v) is 9.05. The van der Waals surface area contributed by atoms with Gasteiger partial charge in [0.1, 0.15) is 5.75 Å². The number of nitrogen functional groups attached to an aromatic ring is 1. The molecule has 1 aliphatic rings. The zero-order valence-electron chi connectivity index (χ0n) is 15.1. The summed E-state index contributed by atoms with van der Waals surface area (Å²) < 4.78 is 46.8. The van der Waals surface area contributed by atoms with Crippen molar-refractivity contribution in [2.45, 2.75) is 31.0 Å². The number of methoxy groups -OCH3 is 1. The van der Waals surface area contributed by atoms with Crippen LogP contribution in [0.2, 0.25) is 5.02 Å². The first kappa shape index (κ1) is 20.4. The van der Waals surface area contributed by atoms with Crippen LogP contribution in [-0.4, -0.2) is 18.4 Å². The molecule has 28 heavy (non-hydrogen) atoms. The molecule has 3 rings (SSSR count). The standard InChI is InChI=1S/C21H19ClF3NO2/c1-28-16-6-4-14(5-7-16)10-17-18(11-15(22)12-19(17)26)20(27,21(23,24)25)9-8-13-2-3-13/h4-7,11-13,27H,2-3,10,26H2,1H3/t20-/m0/s1. The Morgan fingerprint density at radius 2 is 1.86 bits per heavy atom. The summed E-state index contributed by atoms with van der Waals surface area (Å²) in [4.78, 5) is 0. The summed E-state index contributed by atoms with van der Waals surface area (Å²) in [5.74, 6) is 5.09. The van der Waals surface area contributed by atoms with Gasteiger partial charge in [0.2, 0.25) is 5.60 Å². The molecular formula is C21H19ClF3NO2. The Morgan fingerprint density at radius 3 is 2.39 bits per heavy atom. The molecule has 1 atom stereocenters. The predicted molar refractivity (Wildman–Crippen MR) is 102 cm³/mol. The highest BCUT2D eigenvalue weighted by molar-refractivity contribution is 6.31. The fourth-order valence-electron chi connectivity index (χ4n) is 2.85. The van der Waals surface area contributed by atoms with Crippen LogP contribution in [0.25, 0.3) is 0 Å². The van der Waals surface area contributed by atoms with E-state index in [0.29, 0.717) is 11.3 Å². The van der Waals surface area contributed by atoms with Crippen LogP contribution in [0.4, 0.5) is 18.9 Å². The number of nitrogens with two attached hydrogens (primary N) is 1. The summed E-state index contributed by atoms with van der Waals surface area (Å²) in [6.07, 6.45) is -3.47. The third-order valence-corrected chi connectivity index (χ3v) is 4.84. The normalized spacial score (nSPS) is 16.1. The number of hydrogen-bond donors (Lipinski definition) is 2. The molecule has 0 bridgehead atoms. The topological polar surface area (TPSA) is 55.5 Å². The highest BCUT2D eigenvalue weighted by Crippen LogP contribution is 2.43. The van der Waals surface area contributed by atoms with E-state index in [2.05, 4.69) is 11.8 Å². The van der Waals surface area contributed by atoms with Gasteiger partial charge in [-0.05, 0) is 54.7 Å². The quantitative estimate of drug-likeness (QED) is 0.569. The third kappa shape index (κ3) is 4.21. The molecule has 2 aromatic rings. The zero-order chi connectivity index (χ0) is 20.5. The molecule has 1 aliphatic carbocycles. The van der Waals surface area contributed by atoms with Crippen LogP contribution >= 0.6 is 11.6 Å². The first-order chi connectivity index (χ1) is 13.1. The maximum absolute atomic E-state index is 13.9. The number of anilines is 1. The molecule has 3 nitrogen and oxygen atoms in total. The van der Waals surface area contributed by atoms with Crippen LogP contribution in [0, 0.1) is 17.8 Å². The lowest BCUT2D eigenvalue weighted by Crippen LogP contribution is -2.42. The SMILES string of the molecule is COc1ccc(Cc2c(N)cc(Cl)cc2[C@@](O)(C#CC2CC2)C(F)(F)F)cc1. The van der Waals surface area contributed by atoms with Crippen molar-refractivity contribution < 1.29 is 23.0 Å². The number of halogens is 4. The van der Waals surface area contributed by atoms with E-state index in [0.717, 1.165) is 18.9 Å². The van der Waals surface area contributed by atoms with Crippen molar-refractivity contribution in [3.63, 3.8) is 0 Å². The van der Waals surface area contributed by atoms with Gasteiger partial charge in [0.25, 0.3) is 0 Å². The van der Waals surface area contributed by atoms with Crippen molar-refractivity contribution in [1.82, 2.24) is 0 Å². The maximum Gasteiger partial charge on any atom is 0.433 e. The number of benzene rings is 2. The van der Waals surface area contributed by atoms with Crippen LogP contribution in [0.15, 0.2) is 36.4 Å². The van der Waals surface area contributed by atoms with Crippen molar-refractivity contribution >= 4 is 17.3 Å². The van der Waals surface area contributed by atoms with Gasteiger partial charge < -0.3 is 15.6 Å². The summed E-state index contributed by atoms with van der Waals surface area (Å²) in [7, 11) is 1.52. The van der Waals surface area contributed by atoms with E-state index in [1.807, 2.05) is 0 Å². The summed E-state index contributed by atoms with van der Waals surface area (Å²) >= 11 is 5.97. The highest BCUT2D eigenvalue weighted by atomic mass is 35.5. The van der Waals surface area contributed by atoms with Gasteiger partial charge in [-0.1, -0.05) is 35.6 Å². The van der Waals surface area contributed by atoms with Gasteiger partial charge in [-0.15, -0.1) is 0 Å². The van der Waals surface area contributed by atoms with Crippen LogP contribution in [-0.2, 0) is 12.0 Å². The molecule has 0 saturated heterocycles. The zero-order valence-corrected chi connectivity index (χ0v) is 15.9. The van der Waals surface area contributed by atoms with E-state index in [1.54, 1.807) is 24.3 Å². The number of hydrogen-bond acceptors (Lipinski definition) is 3. The third-order valence-electron chi connectivity index (χ3n) is 4.62. The molecule has 0 radical (unpaired) electrons. The van der Waals surface area contributed by atoms with E-state index in [4.69, 9.17) is 22.1 Å². The Labute approximate surface area is 166 Å². The van der Waals surface area contributed by atoms with Gasteiger partial charge in [0, 0.05) is 22.2 Å². The lowest BCUT2D eigenvalue weighted by molar-refractivity contribution is -0.241. The van der Waals surface area contributed by atoms with E-state index in [-0.39, 0.29) is 28.6 Å². The Kier molecular flexibility index (Phi) is 5.51. The largest absolute Gasteiger partial charge is 0.497 e. The fraction of sp³-hybridized carbons (Fsp3) is 0.333. The van der Waals surface area contributed by atoms with E-state index < -0.39 is 17.3 Å². The summed E-state index contributed by atoms with van der Waals surface area (Å²) in [6.45, 7) is 0. The van der Waals surface area contributed by atoms with E-state index >= 15 is 0 Å². The lowest BCUT2D eigenvalue weighted by atomic mass is 9.86. The Balaban J connectivity index is 2.11. The van der Waals surface area contributed by atoms with Gasteiger partial charge in [0.15, 0.2) is 0 Å². The smallest absolute Gasteiger partial charge is 0.433 e. The second kappa shape index (κ2) is 7.57. The van der Waals surface area contributed by atoms with Gasteiger partial charge in [0.05, 0.1) is 7.11 Å². The minimum Gasteiger partial charge on any atom is -0.497 e. The molecule has 0 aliphatic heterocycles. The summed E-state index contributed by atoms with van der Waals surface area (Å²) in [5.41, 5.74) is 3.12. The first-order valence-electron chi connectivity index (χ1n) is 8.67. The van der Waals surface area contributed by atoms with Gasteiger partial charge in [-0.25, -0.2) is 0 Å². The molecule has 7 heteroatoms. The van der Waals surface area contributed by atoms with Crippen molar-refractivity contribution in [2.75, 3.05) is 12.8 Å². The Morgan fingerprint density at radius 1 is 1.21 bits per heavy atom. The summed E-state index contributed by atoms with van der Waals surface area (Å²) in [6, 6.07) is 9.30. The molecule has 1 fully saturated rings. The van der Waals surface area contributed by atoms with E-state index in [9.17, 15) is 18.3 Å². The minimum atomic E-state index is -5.01. The van der Waals surface area contributed by atoms with Crippen LogP contribution in [0.3, 0.4) is 0 Å². The van der Waals surface area contributed by atoms with Gasteiger partial charge >= 0.3 is 6.18 Å². The molecule has 0 aromatic heterocycles. The van der Waals surface area contributed by atoms with Crippen molar-refractivity contribution in [1.29, 1.82) is 0 Å². The number of alkyl halides is 3. The number of aliphatic hydroxyl groups is 1. The van der Waals surface area contributed by atoms with Crippen molar-refractivity contribution in [3.05, 3.63) is 58.1 Å². The lowest BCUT2D eigenvalue weighted by Gasteiger charge is -2.29. The molecule has 3 N–H and O–H groups in total. The average molecular weight is 410 g/mol. The van der Waals surface area contributed by atoms with Gasteiger partial charge in [-0.2, -0.15) is 13.2 Å². The van der Waals surface area contributed by atoms with Crippen molar-refractivity contribution in [2.24, 2.45) is 5.92 Å². The molecule has 1 saturated carbocycles. The molecule has 0 spiro atoms. The fourth-order valence-corrected chi connectivity index (χ4v) is 3.08. The summed E-state index contributed by atoms with van der Waals surface area (Å²) in [5, 5.41) is 10.7. The number of ether oxygens (including phenoxy) is 1. The Bertz CT molecular complexity index is 928. The molecule has 2 aromatic carbocycles. The molecule has 0 heterocycles. The predicted octanol–water partition coefficient (Wildman–Crippen LogP) is 4.68. The molecular weight excluding hydrogens is 391 g/mol. The van der Waals surface area contributed by atoms with Crippen LogP contribution in [0.1, 0.15) is 29.5 Å². The average Bonchev–Trinajstić information content (AvgIpc) is 3.45. The molecule has 0 amide bonds. The second-order valence-corrected chi connectivity index (χ2v) is 7.23. The van der Waals surface area contributed by atoms with Crippen molar-refractivity contribution in [3.8, 4) is 17.6 Å². The Hall–Kier alpha value is -2.36. The number of rotatable bonds is 4. The molecule has 148 valence electrons. The highest BCUT2D eigenvalue weighted by Gasteiger charge is 2.55. The van der Waals surface area contributed by atoms with Crippen LogP contribution < -0.4 is 10.5 Å². The van der Waals surface area contributed by atoms with Gasteiger partial charge in [-0.3, -0.25) is 0 Å². The van der Waals surface area contributed by atoms with E-state index in [1.165, 1.54) is 13.2 Å². The minimum absolute atomic E-state index is 0.00174. The monoisotopic (exact) mass is 409 g/mol. The second-order valence-electron chi connectivity index (χ2n) is 6.80. The maximum atomic E-state index is 13.9.